The molecule has 0 aliphatic heterocycles. The van der Waals surface area contributed by atoms with Gasteiger partial charge in [-0.15, -0.1) is 10.2 Å². The topological polar surface area (TPSA) is 137 Å². The molecule has 0 aliphatic carbocycles. The summed E-state index contributed by atoms with van der Waals surface area (Å²) in [6, 6.07) is 0. The van der Waals surface area contributed by atoms with Gasteiger partial charge in [-0.05, 0) is 20.8 Å². The van der Waals surface area contributed by atoms with Crippen LogP contribution in [0.15, 0.2) is 12.4 Å². The van der Waals surface area contributed by atoms with Crippen LogP contribution in [0.4, 0.5) is 0 Å². The molecule has 0 aromatic carbocycles. The number of carbonyl (C=O) groups is 3. The summed E-state index contributed by atoms with van der Waals surface area (Å²) in [6.45, 7) is 23.9. The molecular formula is C26H46N8O3. The number of nitrogens with zero attached hydrogens (tertiary/aromatic N) is 6. The number of hydrogen-bond acceptors (Lipinski definition) is 7. The van der Waals surface area contributed by atoms with Crippen LogP contribution in [-0.4, -0.2) is 47.6 Å². The third-order valence-electron chi connectivity index (χ3n) is 5.18. The standard InChI is InChI=1S/C14H24N4O2.C12H22N4O/c1-13(2,3)11(19)9-18-8-10(16-17-18)7-15-12(20)14(4,5)6;1-11(2,3)10(17)13-7-9-8-16(15-14-9)12(4,5)6/h8H,7,9H2,1-6H3,(H,15,20);8H,7H2,1-6H3,(H,13,17). The number of carbonyl (C=O) groups excluding carboxylic acids is 3. The fourth-order valence-electron chi connectivity index (χ4n) is 2.46. The summed E-state index contributed by atoms with van der Waals surface area (Å²) in [4.78, 5) is 35.3. The summed E-state index contributed by atoms with van der Waals surface area (Å²) in [6.07, 6.45) is 3.55. The molecule has 2 aromatic heterocycles. The van der Waals surface area contributed by atoms with E-state index >= 15 is 0 Å². The van der Waals surface area contributed by atoms with E-state index < -0.39 is 10.8 Å². The fraction of sp³-hybridized carbons (Fsp3) is 0.731. The zero-order chi connectivity index (χ0) is 28.8. The number of amides is 2. The van der Waals surface area contributed by atoms with Gasteiger partial charge in [0.15, 0.2) is 5.78 Å². The highest BCUT2D eigenvalue weighted by Crippen LogP contribution is 2.16. The van der Waals surface area contributed by atoms with Crippen LogP contribution < -0.4 is 10.6 Å². The minimum absolute atomic E-state index is 0.0165. The van der Waals surface area contributed by atoms with Gasteiger partial charge >= 0.3 is 0 Å². The Labute approximate surface area is 221 Å². The molecule has 0 atom stereocenters. The van der Waals surface area contributed by atoms with E-state index in [4.69, 9.17) is 0 Å². The maximum atomic E-state index is 11.9. The summed E-state index contributed by atoms with van der Waals surface area (Å²) in [5.41, 5.74) is 0.131. The Kier molecular flexibility index (Phi) is 10.3. The predicted molar refractivity (Wildman–Crippen MR) is 142 cm³/mol. The van der Waals surface area contributed by atoms with Crippen LogP contribution in [0.5, 0.6) is 0 Å². The van der Waals surface area contributed by atoms with E-state index in [1.54, 1.807) is 10.9 Å². The highest BCUT2D eigenvalue weighted by Gasteiger charge is 2.23. The minimum Gasteiger partial charge on any atom is -0.350 e. The minimum atomic E-state index is -0.432. The first-order valence-corrected chi connectivity index (χ1v) is 12.5. The van der Waals surface area contributed by atoms with Crippen LogP contribution >= 0.6 is 0 Å². The first-order valence-electron chi connectivity index (χ1n) is 12.5. The molecule has 2 rings (SSSR count). The van der Waals surface area contributed by atoms with Crippen molar-refractivity contribution in [3.05, 3.63) is 23.8 Å². The third-order valence-corrected chi connectivity index (χ3v) is 5.18. The van der Waals surface area contributed by atoms with Gasteiger partial charge in [-0.25, -0.2) is 9.36 Å². The molecule has 2 heterocycles. The summed E-state index contributed by atoms with van der Waals surface area (Å²) in [5.74, 6) is 0.0632. The van der Waals surface area contributed by atoms with Crippen molar-refractivity contribution in [2.45, 2.75) is 108 Å². The highest BCUT2D eigenvalue weighted by atomic mass is 16.2. The van der Waals surface area contributed by atoms with Crippen molar-refractivity contribution in [1.82, 2.24) is 40.6 Å². The van der Waals surface area contributed by atoms with Crippen LogP contribution in [0.3, 0.4) is 0 Å². The van der Waals surface area contributed by atoms with Crippen molar-refractivity contribution in [1.29, 1.82) is 0 Å². The molecule has 2 N–H and O–H groups in total. The van der Waals surface area contributed by atoms with Gasteiger partial charge in [0.25, 0.3) is 0 Å². The molecule has 0 saturated carbocycles. The number of hydrogen-bond donors (Lipinski definition) is 2. The summed E-state index contributed by atoms with van der Waals surface area (Å²) in [5, 5.41) is 21.6. The Balaban J connectivity index is 0.000000375. The fourth-order valence-corrected chi connectivity index (χ4v) is 2.46. The van der Waals surface area contributed by atoms with Crippen molar-refractivity contribution < 1.29 is 14.4 Å². The summed E-state index contributed by atoms with van der Waals surface area (Å²) < 4.78 is 3.30. The second-order valence-electron chi connectivity index (χ2n) is 13.3. The lowest BCUT2D eigenvalue weighted by Gasteiger charge is -2.18. The smallest absolute Gasteiger partial charge is 0.225 e. The molecule has 0 bridgehead atoms. The van der Waals surface area contributed by atoms with Crippen LogP contribution in [-0.2, 0) is 39.6 Å². The monoisotopic (exact) mass is 518 g/mol. The van der Waals surface area contributed by atoms with Crippen molar-refractivity contribution >= 4 is 17.6 Å². The number of nitrogens with one attached hydrogen (secondary N) is 2. The van der Waals surface area contributed by atoms with E-state index in [1.807, 2.05) is 68.5 Å². The van der Waals surface area contributed by atoms with Crippen LogP contribution in [0.1, 0.15) is 94.5 Å². The first-order chi connectivity index (χ1) is 16.6. The van der Waals surface area contributed by atoms with E-state index in [2.05, 4.69) is 52.0 Å². The predicted octanol–water partition coefficient (Wildman–Crippen LogP) is 3.25. The number of ketones is 1. The molecule has 2 aromatic rings. The van der Waals surface area contributed by atoms with Gasteiger partial charge in [-0.2, -0.15) is 0 Å². The molecule has 11 nitrogen and oxygen atoms in total. The molecule has 0 aliphatic rings. The SMILES string of the molecule is CC(C)(C)C(=O)Cn1cc(CNC(=O)C(C)(C)C)nn1.CC(C)(C)C(=O)NCc1cn(C(C)(C)C)nn1. The maximum absolute atomic E-state index is 11.9. The van der Waals surface area contributed by atoms with Gasteiger partial charge in [-0.1, -0.05) is 72.7 Å². The quantitative estimate of drug-likeness (QED) is 0.599. The first kappa shape index (κ1) is 31.9. The lowest BCUT2D eigenvalue weighted by atomic mass is 9.91. The molecule has 0 radical (unpaired) electrons. The normalized spacial score (nSPS) is 12.4. The van der Waals surface area contributed by atoms with Gasteiger partial charge < -0.3 is 10.6 Å². The zero-order valence-electron chi connectivity index (χ0n) is 24.7. The van der Waals surface area contributed by atoms with Gasteiger partial charge in [0.1, 0.15) is 17.9 Å². The molecule has 208 valence electrons. The molecule has 0 unspecified atom stereocenters. The van der Waals surface area contributed by atoms with E-state index in [0.717, 1.165) is 5.69 Å². The molecular weight excluding hydrogens is 472 g/mol. The van der Waals surface area contributed by atoms with Crippen LogP contribution in [0.25, 0.3) is 0 Å². The van der Waals surface area contributed by atoms with Crippen molar-refractivity contribution in [3.8, 4) is 0 Å². The van der Waals surface area contributed by atoms with Gasteiger partial charge in [0.2, 0.25) is 11.8 Å². The lowest BCUT2D eigenvalue weighted by Crippen LogP contribution is -2.34. The average molecular weight is 519 g/mol. The molecule has 11 heteroatoms. The molecule has 37 heavy (non-hydrogen) atoms. The molecule has 0 fully saturated rings. The third kappa shape index (κ3) is 11.2. The van der Waals surface area contributed by atoms with E-state index in [0.29, 0.717) is 18.8 Å². The van der Waals surface area contributed by atoms with Crippen molar-refractivity contribution in [2.24, 2.45) is 16.2 Å². The Morgan fingerprint density at radius 3 is 1.49 bits per heavy atom. The maximum Gasteiger partial charge on any atom is 0.225 e. The number of rotatable bonds is 6. The second-order valence-corrected chi connectivity index (χ2v) is 13.3. The number of aromatic nitrogens is 6. The van der Waals surface area contributed by atoms with Gasteiger partial charge in [-0.3, -0.25) is 14.4 Å². The van der Waals surface area contributed by atoms with Gasteiger partial charge in [0.05, 0.1) is 31.0 Å². The molecule has 0 saturated heterocycles. The Bertz CT molecular complexity index is 1060. The van der Waals surface area contributed by atoms with E-state index in [-0.39, 0.29) is 35.1 Å². The van der Waals surface area contributed by atoms with Crippen molar-refractivity contribution in [3.63, 3.8) is 0 Å². The van der Waals surface area contributed by atoms with Crippen LogP contribution in [0.2, 0.25) is 0 Å². The van der Waals surface area contributed by atoms with Gasteiger partial charge in [0, 0.05) is 16.2 Å². The average Bonchev–Trinajstić information content (AvgIpc) is 3.38. The van der Waals surface area contributed by atoms with E-state index in [1.165, 1.54) is 4.68 Å². The van der Waals surface area contributed by atoms with Crippen LogP contribution in [0, 0.1) is 16.2 Å². The van der Waals surface area contributed by atoms with Crippen molar-refractivity contribution in [2.75, 3.05) is 0 Å². The Morgan fingerprint density at radius 2 is 1.11 bits per heavy atom. The van der Waals surface area contributed by atoms with E-state index in [9.17, 15) is 14.4 Å². The highest BCUT2D eigenvalue weighted by molar-refractivity contribution is 5.83. The summed E-state index contributed by atoms with van der Waals surface area (Å²) in [7, 11) is 0. The second kappa shape index (κ2) is 12.0. The summed E-state index contributed by atoms with van der Waals surface area (Å²) >= 11 is 0. The lowest BCUT2D eigenvalue weighted by molar-refractivity contribution is -0.129. The Hall–Kier alpha value is -3.11. The zero-order valence-corrected chi connectivity index (χ0v) is 24.7. The number of Topliss-reactive ketones (excluding diaryl/α,β-unsaturated/α-hetero) is 1. The molecule has 0 spiro atoms. The molecule has 2 amide bonds. The largest absolute Gasteiger partial charge is 0.350 e. The Morgan fingerprint density at radius 1 is 0.676 bits per heavy atom.